The SMILES string of the molecule is N#Cc1cc(N)ccc1S(=O)(=O)Nc1sccc1C#N. The third kappa shape index (κ3) is 2.57. The molecule has 0 aliphatic rings. The maximum atomic E-state index is 12.3. The number of sulfonamides is 1. The molecule has 1 aromatic carbocycles. The maximum Gasteiger partial charge on any atom is 0.263 e. The molecule has 0 spiro atoms. The normalized spacial score (nSPS) is 10.5. The second kappa shape index (κ2) is 5.21. The Labute approximate surface area is 119 Å². The van der Waals surface area contributed by atoms with Crippen molar-refractivity contribution < 1.29 is 8.42 Å². The van der Waals surface area contributed by atoms with Gasteiger partial charge in [0.15, 0.2) is 0 Å². The van der Waals surface area contributed by atoms with E-state index >= 15 is 0 Å². The molecule has 0 saturated carbocycles. The fourth-order valence-corrected chi connectivity index (χ4v) is 3.73. The minimum absolute atomic E-state index is 0.0486. The average Bonchev–Trinajstić information content (AvgIpc) is 2.84. The van der Waals surface area contributed by atoms with E-state index in [0.29, 0.717) is 5.69 Å². The Balaban J connectivity index is 2.47. The van der Waals surface area contributed by atoms with Crippen molar-refractivity contribution in [3.8, 4) is 12.1 Å². The number of nitrogens with two attached hydrogens (primary N) is 1. The van der Waals surface area contributed by atoms with E-state index in [1.54, 1.807) is 11.4 Å². The standard InChI is InChI=1S/C12H8N4O2S2/c13-6-8-3-4-19-12(8)16-20(17,18)11-2-1-10(15)5-9(11)7-14/h1-5,16H,15H2. The van der Waals surface area contributed by atoms with Crippen LogP contribution in [0.3, 0.4) is 0 Å². The summed E-state index contributed by atoms with van der Waals surface area (Å²) in [7, 11) is -3.94. The van der Waals surface area contributed by atoms with Crippen LogP contribution in [0.15, 0.2) is 34.5 Å². The molecule has 1 heterocycles. The summed E-state index contributed by atoms with van der Waals surface area (Å²) in [5, 5.41) is 19.7. The molecular formula is C12H8N4O2S2. The number of thiophene rings is 1. The Hall–Kier alpha value is -2.55. The molecule has 0 aliphatic carbocycles. The molecule has 2 rings (SSSR count). The zero-order chi connectivity index (χ0) is 14.8. The molecule has 0 unspecified atom stereocenters. The second-order valence-electron chi connectivity index (χ2n) is 3.75. The Bertz CT molecular complexity index is 841. The molecule has 100 valence electrons. The van der Waals surface area contributed by atoms with E-state index in [4.69, 9.17) is 16.3 Å². The lowest BCUT2D eigenvalue weighted by Crippen LogP contribution is -2.14. The van der Waals surface area contributed by atoms with E-state index in [-0.39, 0.29) is 21.0 Å². The first kappa shape index (κ1) is 13.9. The van der Waals surface area contributed by atoms with Gasteiger partial charge in [0.1, 0.15) is 22.0 Å². The summed E-state index contributed by atoms with van der Waals surface area (Å²) in [6.07, 6.45) is 0. The highest BCUT2D eigenvalue weighted by molar-refractivity contribution is 7.93. The van der Waals surface area contributed by atoms with Crippen LogP contribution in [0.25, 0.3) is 0 Å². The molecular weight excluding hydrogens is 296 g/mol. The minimum atomic E-state index is -3.94. The predicted molar refractivity (Wildman–Crippen MR) is 75.4 cm³/mol. The van der Waals surface area contributed by atoms with Gasteiger partial charge in [-0.15, -0.1) is 11.3 Å². The molecule has 0 radical (unpaired) electrons. The van der Waals surface area contributed by atoms with Crippen molar-refractivity contribution >= 4 is 32.0 Å². The number of nitrogens with one attached hydrogen (secondary N) is 1. The van der Waals surface area contributed by atoms with E-state index in [1.165, 1.54) is 24.3 Å². The fraction of sp³-hybridized carbons (Fsp3) is 0. The number of nitriles is 2. The van der Waals surface area contributed by atoms with Crippen LogP contribution < -0.4 is 10.5 Å². The molecule has 0 aliphatic heterocycles. The lowest BCUT2D eigenvalue weighted by atomic mass is 10.2. The van der Waals surface area contributed by atoms with Gasteiger partial charge in [-0.1, -0.05) is 0 Å². The number of nitrogens with zero attached hydrogens (tertiary/aromatic N) is 2. The van der Waals surface area contributed by atoms with Crippen molar-refractivity contribution in [1.29, 1.82) is 10.5 Å². The predicted octanol–water partition coefficient (Wildman–Crippen LogP) is 1.87. The Morgan fingerprint density at radius 1 is 1.15 bits per heavy atom. The van der Waals surface area contributed by atoms with Gasteiger partial charge in [0, 0.05) is 5.69 Å². The Kier molecular flexibility index (Phi) is 3.61. The van der Waals surface area contributed by atoms with Gasteiger partial charge in [-0.3, -0.25) is 4.72 Å². The lowest BCUT2D eigenvalue weighted by Gasteiger charge is -2.08. The van der Waals surface area contributed by atoms with Crippen LogP contribution in [0.4, 0.5) is 10.7 Å². The quantitative estimate of drug-likeness (QED) is 0.839. The second-order valence-corrected chi connectivity index (χ2v) is 6.32. The summed E-state index contributed by atoms with van der Waals surface area (Å²) < 4.78 is 26.8. The van der Waals surface area contributed by atoms with E-state index < -0.39 is 10.0 Å². The number of nitrogen functional groups attached to an aromatic ring is 1. The van der Waals surface area contributed by atoms with Crippen molar-refractivity contribution in [2.45, 2.75) is 4.90 Å². The highest BCUT2D eigenvalue weighted by atomic mass is 32.2. The first-order chi connectivity index (χ1) is 9.47. The number of hydrogen-bond acceptors (Lipinski definition) is 6. The molecule has 8 heteroatoms. The summed E-state index contributed by atoms with van der Waals surface area (Å²) in [5.74, 6) is 0. The molecule has 0 bridgehead atoms. The van der Waals surface area contributed by atoms with Crippen LogP contribution in [-0.4, -0.2) is 8.42 Å². The van der Waals surface area contributed by atoms with E-state index in [1.807, 2.05) is 6.07 Å². The summed E-state index contributed by atoms with van der Waals surface area (Å²) >= 11 is 1.09. The molecule has 0 fully saturated rings. The lowest BCUT2D eigenvalue weighted by molar-refractivity contribution is 0.601. The molecule has 2 aromatic rings. The molecule has 20 heavy (non-hydrogen) atoms. The molecule has 6 nitrogen and oxygen atoms in total. The number of hydrogen-bond donors (Lipinski definition) is 2. The van der Waals surface area contributed by atoms with Gasteiger partial charge in [-0.2, -0.15) is 10.5 Å². The van der Waals surface area contributed by atoms with Crippen molar-refractivity contribution in [2.75, 3.05) is 10.5 Å². The van der Waals surface area contributed by atoms with Gasteiger partial charge < -0.3 is 5.73 Å². The first-order valence-corrected chi connectivity index (χ1v) is 7.64. The zero-order valence-corrected chi connectivity index (χ0v) is 11.6. The van der Waals surface area contributed by atoms with Crippen LogP contribution in [0.1, 0.15) is 11.1 Å². The van der Waals surface area contributed by atoms with Crippen LogP contribution in [0.2, 0.25) is 0 Å². The summed E-state index contributed by atoms with van der Waals surface area (Å²) in [4.78, 5) is -0.175. The van der Waals surface area contributed by atoms with Gasteiger partial charge in [-0.25, -0.2) is 8.42 Å². The summed E-state index contributed by atoms with van der Waals surface area (Å²) in [6, 6.07) is 9.13. The highest BCUT2D eigenvalue weighted by Gasteiger charge is 2.20. The molecule has 0 amide bonds. The Morgan fingerprint density at radius 3 is 2.50 bits per heavy atom. The molecule has 3 N–H and O–H groups in total. The molecule has 0 saturated heterocycles. The van der Waals surface area contributed by atoms with Crippen molar-refractivity contribution in [1.82, 2.24) is 0 Å². The van der Waals surface area contributed by atoms with Gasteiger partial charge in [0.25, 0.3) is 10.0 Å². The smallest absolute Gasteiger partial charge is 0.263 e. The van der Waals surface area contributed by atoms with E-state index in [9.17, 15) is 8.42 Å². The van der Waals surface area contributed by atoms with Crippen LogP contribution in [0, 0.1) is 22.7 Å². The molecule has 1 aromatic heterocycles. The maximum absolute atomic E-state index is 12.3. The summed E-state index contributed by atoms with van der Waals surface area (Å²) in [5.41, 5.74) is 6.00. The average molecular weight is 304 g/mol. The number of anilines is 2. The molecule has 0 atom stereocenters. The van der Waals surface area contributed by atoms with Crippen LogP contribution in [-0.2, 0) is 10.0 Å². The van der Waals surface area contributed by atoms with Gasteiger partial charge in [-0.05, 0) is 29.6 Å². The van der Waals surface area contributed by atoms with Gasteiger partial charge >= 0.3 is 0 Å². The fourth-order valence-electron chi connectivity index (χ4n) is 1.52. The summed E-state index contributed by atoms with van der Waals surface area (Å²) in [6.45, 7) is 0. The third-order valence-corrected chi connectivity index (χ3v) is 4.79. The number of benzene rings is 1. The van der Waals surface area contributed by atoms with Crippen LogP contribution >= 0.6 is 11.3 Å². The topological polar surface area (TPSA) is 120 Å². The van der Waals surface area contributed by atoms with Gasteiger partial charge in [0.05, 0.1) is 11.1 Å². The highest BCUT2D eigenvalue weighted by Crippen LogP contribution is 2.27. The first-order valence-electron chi connectivity index (χ1n) is 5.28. The van der Waals surface area contributed by atoms with E-state index in [2.05, 4.69) is 4.72 Å². The monoisotopic (exact) mass is 304 g/mol. The largest absolute Gasteiger partial charge is 0.399 e. The minimum Gasteiger partial charge on any atom is -0.399 e. The van der Waals surface area contributed by atoms with Crippen LogP contribution in [0.5, 0.6) is 0 Å². The van der Waals surface area contributed by atoms with Crippen molar-refractivity contribution in [2.24, 2.45) is 0 Å². The van der Waals surface area contributed by atoms with Crippen molar-refractivity contribution in [3.05, 3.63) is 40.8 Å². The number of rotatable bonds is 3. The zero-order valence-electron chi connectivity index (χ0n) is 9.99. The third-order valence-electron chi connectivity index (χ3n) is 2.43. The van der Waals surface area contributed by atoms with E-state index in [0.717, 1.165) is 11.3 Å². The van der Waals surface area contributed by atoms with Gasteiger partial charge in [0.2, 0.25) is 0 Å². The Morgan fingerprint density at radius 2 is 1.85 bits per heavy atom. The van der Waals surface area contributed by atoms with Crippen molar-refractivity contribution in [3.63, 3.8) is 0 Å².